The summed E-state index contributed by atoms with van der Waals surface area (Å²) in [5.74, 6) is 0. The molecule has 0 N–H and O–H groups in total. The summed E-state index contributed by atoms with van der Waals surface area (Å²) < 4.78 is 2.54. The standard InChI is InChI=1S/C80H52BN3/c1-5-17-53(18-6-1)58-31-39-66(40-32-58)82-74-44-37-64(55-21-9-3-10-22-55)49-71(74)81-72-50-65(56-23-11-4-12-24-56)38-45-75(72)83(67-41-33-59(34-42-67)54-19-7-2-8-20-54)78-52-68(51-77(82)80(78)81)84-73-43-36-63(62-30-29-57-25-13-14-27-61(57)47-62)48-70(73)79-69-28-16-15-26-60(69)35-46-76(79)84/h1-52H. The highest BCUT2D eigenvalue weighted by Crippen LogP contribution is 2.48. The molecule has 0 saturated carbocycles. The first-order chi connectivity index (χ1) is 41.6. The molecule has 4 heteroatoms. The average Bonchev–Trinajstić information content (AvgIpc) is 1.39. The normalized spacial score (nSPS) is 12.5. The van der Waals surface area contributed by atoms with Crippen molar-refractivity contribution in [3.05, 3.63) is 315 Å². The SMILES string of the molecule is c1ccc(-c2ccc(N3c4ccc(-c5ccccc5)cc4B4c5cc(-c6ccccc6)ccc5N(c5ccc(-c6ccccc6)cc5)c5cc(-n6c7ccc(-c8ccc9ccccc9c8)cc7c7c8ccccc8ccc76)cc3c54)cc2)cc1. The zero-order valence-electron chi connectivity index (χ0n) is 45.9. The fraction of sp³-hybridized carbons (Fsp3) is 0. The first-order valence-electron chi connectivity index (χ1n) is 29.1. The highest BCUT2D eigenvalue weighted by atomic mass is 15.2. The Bertz CT molecular complexity index is 4860. The van der Waals surface area contributed by atoms with Crippen LogP contribution < -0.4 is 26.2 Å². The molecule has 0 amide bonds. The van der Waals surface area contributed by atoms with E-state index in [0.717, 1.165) is 50.8 Å². The average molecular weight is 1070 g/mol. The predicted octanol–water partition coefficient (Wildman–Crippen LogP) is 19.5. The summed E-state index contributed by atoms with van der Waals surface area (Å²) in [7, 11) is 0. The van der Waals surface area contributed by atoms with Gasteiger partial charge >= 0.3 is 0 Å². The monoisotopic (exact) mass is 1070 g/mol. The summed E-state index contributed by atoms with van der Waals surface area (Å²) >= 11 is 0. The zero-order valence-corrected chi connectivity index (χ0v) is 45.9. The van der Waals surface area contributed by atoms with Gasteiger partial charge < -0.3 is 14.4 Å². The van der Waals surface area contributed by atoms with Crippen LogP contribution >= 0.6 is 0 Å². The predicted molar refractivity (Wildman–Crippen MR) is 357 cm³/mol. The number of fused-ring (bicyclic) bond motifs is 10. The van der Waals surface area contributed by atoms with Crippen LogP contribution in [0, 0.1) is 0 Å². The van der Waals surface area contributed by atoms with Crippen molar-refractivity contribution >= 4 is 101 Å². The molecule has 0 atom stereocenters. The quantitative estimate of drug-likeness (QED) is 0.141. The lowest BCUT2D eigenvalue weighted by atomic mass is 9.33. The zero-order chi connectivity index (χ0) is 55.2. The lowest BCUT2D eigenvalue weighted by molar-refractivity contribution is 1.16. The van der Waals surface area contributed by atoms with Crippen LogP contribution in [0.2, 0.25) is 0 Å². The molecule has 17 rings (SSSR count). The van der Waals surface area contributed by atoms with Crippen LogP contribution in [0.4, 0.5) is 34.1 Å². The lowest BCUT2D eigenvalue weighted by Gasteiger charge is -2.44. The van der Waals surface area contributed by atoms with E-state index < -0.39 is 0 Å². The van der Waals surface area contributed by atoms with Crippen LogP contribution in [0.15, 0.2) is 315 Å². The van der Waals surface area contributed by atoms with Crippen molar-refractivity contribution in [2.24, 2.45) is 0 Å². The van der Waals surface area contributed by atoms with E-state index in [0.29, 0.717) is 0 Å². The first kappa shape index (κ1) is 47.8. The van der Waals surface area contributed by atoms with Gasteiger partial charge in [-0.15, -0.1) is 0 Å². The summed E-state index contributed by atoms with van der Waals surface area (Å²) in [5.41, 5.74) is 25.9. The second-order valence-corrected chi connectivity index (χ2v) is 22.4. The van der Waals surface area contributed by atoms with Crippen molar-refractivity contribution in [1.29, 1.82) is 0 Å². The third-order valence-corrected chi connectivity index (χ3v) is 17.7. The third kappa shape index (κ3) is 7.76. The van der Waals surface area contributed by atoms with Crippen LogP contribution in [-0.4, -0.2) is 11.3 Å². The van der Waals surface area contributed by atoms with E-state index in [1.807, 2.05) is 0 Å². The van der Waals surface area contributed by atoms with Gasteiger partial charge in [-0.05, 0) is 166 Å². The lowest BCUT2D eigenvalue weighted by Crippen LogP contribution is -2.61. The summed E-state index contributed by atoms with van der Waals surface area (Å²) in [4.78, 5) is 5.11. The first-order valence-corrected chi connectivity index (χ1v) is 29.1. The van der Waals surface area contributed by atoms with Gasteiger partial charge in [0.1, 0.15) is 0 Å². The van der Waals surface area contributed by atoms with E-state index in [-0.39, 0.29) is 6.71 Å². The molecule has 0 aliphatic carbocycles. The van der Waals surface area contributed by atoms with Gasteiger partial charge in [-0.25, -0.2) is 0 Å². The fourth-order valence-electron chi connectivity index (χ4n) is 13.8. The number of benzene rings is 14. The van der Waals surface area contributed by atoms with Gasteiger partial charge in [-0.1, -0.05) is 243 Å². The van der Waals surface area contributed by atoms with E-state index in [1.54, 1.807) is 0 Å². The largest absolute Gasteiger partial charge is 0.311 e. The van der Waals surface area contributed by atoms with Crippen LogP contribution in [-0.2, 0) is 0 Å². The molecule has 0 radical (unpaired) electrons. The Balaban J connectivity index is 0.975. The molecule has 0 spiro atoms. The number of hydrogen-bond donors (Lipinski definition) is 0. The van der Waals surface area contributed by atoms with Gasteiger partial charge in [0.2, 0.25) is 0 Å². The Morgan fingerprint density at radius 3 is 1.17 bits per heavy atom. The van der Waals surface area contributed by atoms with Gasteiger partial charge in [-0.2, -0.15) is 0 Å². The molecule has 15 aromatic rings. The maximum Gasteiger partial charge on any atom is 0.252 e. The minimum absolute atomic E-state index is 0.132. The maximum absolute atomic E-state index is 2.56. The van der Waals surface area contributed by atoms with Crippen molar-refractivity contribution in [1.82, 2.24) is 4.57 Å². The Kier molecular flexibility index (Phi) is 11.0. The molecule has 3 nitrogen and oxygen atoms in total. The Morgan fingerprint density at radius 2 is 0.619 bits per heavy atom. The molecule has 0 bridgehead atoms. The van der Waals surface area contributed by atoms with Crippen molar-refractivity contribution in [2.75, 3.05) is 9.80 Å². The van der Waals surface area contributed by atoms with Crippen molar-refractivity contribution in [3.8, 4) is 61.3 Å². The minimum atomic E-state index is -0.132. The van der Waals surface area contributed by atoms with E-state index >= 15 is 0 Å². The molecular formula is C80H52BN3. The highest BCUT2D eigenvalue weighted by Gasteiger charge is 2.44. The third-order valence-electron chi connectivity index (χ3n) is 17.7. The summed E-state index contributed by atoms with van der Waals surface area (Å²) in [6, 6.07) is 117. The molecule has 0 fully saturated rings. The van der Waals surface area contributed by atoms with E-state index in [4.69, 9.17) is 0 Å². The molecule has 1 aromatic heterocycles. The van der Waals surface area contributed by atoms with Crippen LogP contribution in [0.1, 0.15) is 0 Å². The molecule has 84 heavy (non-hydrogen) atoms. The maximum atomic E-state index is 2.56. The number of hydrogen-bond acceptors (Lipinski definition) is 2. The highest BCUT2D eigenvalue weighted by molar-refractivity contribution is 7.00. The minimum Gasteiger partial charge on any atom is -0.311 e. The van der Waals surface area contributed by atoms with Gasteiger partial charge in [0.25, 0.3) is 6.71 Å². The van der Waals surface area contributed by atoms with E-state index in [2.05, 4.69) is 330 Å². The summed E-state index contributed by atoms with van der Waals surface area (Å²) in [6.45, 7) is -0.132. The van der Waals surface area contributed by atoms with E-state index in [9.17, 15) is 0 Å². The molecule has 2 aliphatic rings. The fourth-order valence-corrected chi connectivity index (χ4v) is 13.8. The Labute approximate surface area is 488 Å². The number of anilines is 6. The van der Waals surface area contributed by atoms with Gasteiger partial charge in [0.15, 0.2) is 0 Å². The number of rotatable bonds is 8. The molecule has 0 saturated heterocycles. The smallest absolute Gasteiger partial charge is 0.252 e. The second kappa shape index (κ2) is 19.4. The molecular weight excluding hydrogens is 1010 g/mol. The molecule has 2 aliphatic heterocycles. The van der Waals surface area contributed by atoms with Crippen molar-refractivity contribution in [2.45, 2.75) is 0 Å². The van der Waals surface area contributed by atoms with Crippen LogP contribution in [0.3, 0.4) is 0 Å². The van der Waals surface area contributed by atoms with Gasteiger partial charge in [-0.3, -0.25) is 0 Å². The Morgan fingerprint density at radius 1 is 0.226 bits per heavy atom. The molecule has 0 unspecified atom stereocenters. The van der Waals surface area contributed by atoms with Crippen LogP contribution in [0.25, 0.3) is 105 Å². The van der Waals surface area contributed by atoms with Gasteiger partial charge in [0.05, 0.1) is 16.7 Å². The molecule has 14 aromatic carbocycles. The second-order valence-electron chi connectivity index (χ2n) is 22.4. The summed E-state index contributed by atoms with van der Waals surface area (Å²) in [5, 5.41) is 7.39. The number of aromatic nitrogens is 1. The summed E-state index contributed by atoms with van der Waals surface area (Å²) in [6.07, 6.45) is 0. The number of nitrogens with zero attached hydrogens (tertiary/aromatic N) is 3. The van der Waals surface area contributed by atoms with Gasteiger partial charge in [0, 0.05) is 44.9 Å². The Hall–Kier alpha value is -10.9. The van der Waals surface area contributed by atoms with Crippen LogP contribution in [0.5, 0.6) is 0 Å². The topological polar surface area (TPSA) is 11.4 Å². The van der Waals surface area contributed by atoms with Crippen molar-refractivity contribution in [3.63, 3.8) is 0 Å². The van der Waals surface area contributed by atoms with E-state index in [1.165, 1.54) is 104 Å². The molecule has 390 valence electrons. The van der Waals surface area contributed by atoms with Crippen molar-refractivity contribution < 1.29 is 0 Å². The molecule has 3 heterocycles.